The molecule has 0 N–H and O–H groups in total. The van der Waals surface area contributed by atoms with E-state index in [4.69, 9.17) is 0 Å². The summed E-state index contributed by atoms with van der Waals surface area (Å²) in [6, 6.07) is 5.59. The molecule has 0 spiro atoms. The van der Waals surface area contributed by atoms with Crippen LogP contribution in [0.15, 0.2) is 29.2 Å². The topological polar surface area (TPSA) is 80.5 Å². The summed E-state index contributed by atoms with van der Waals surface area (Å²) in [5.74, 6) is 0. The lowest BCUT2D eigenvalue weighted by molar-refractivity contribution is -0.387. The Morgan fingerprint density at radius 3 is 1.78 bits per heavy atom. The zero-order chi connectivity index (χ0) is 20.9. The molecule has 0 amide bonds. The zero-order valence-corrected chi connectivity index (χ0v) is 18.3. The number of rotatable bonds is 9. The highest BCUT2D eigenvalue weighted by Crippen LogP contribution is 2.29. The number of sulfonamides is 1. The van der Waals surface area contributed by atoms with Crippen LogP contribution < -0.4 is 0 Å². The van der Waals surface area contributed by atoms with Gasteiger partial charge >= 0.3 is 0 Å². The van der Waals surface area contributed by atoms with Crippen molar-refractivity contribution >= 4 is 15.7 Å². The monoisotopic (exact) mass is 398 g/mol. The Bertz CT molecular complexity index is 711. The maximum atomic E-state index is 13.2. The predicted octanol–water partition coefficient (Wildman–Crippen LogP) is 5.24. The van der Waals surface area contributed by atoms with E-state index in [0.717, 1.165) is 25.7 Å². The van der Waals surface area contributed by atoms with Crippen molar-refractivity contribution in [1.29, 1.82) is 0 Å². The molecule has 0 aromatic heterocycles. The van der Waals surface area contributed by atoms with E-state index in [1.54, 1.807) is 0 Å². The lowest BCUT2D eigenvalue weighted by Crippen LogP contribution is -2.34. The zero-order valence-electron chi connectivity index (χ0n) is 17.5. The van der Waals surface area contributed by atoms with Crippen molar-refractivity contribution in [1.82, 2.24) is 4.31 Å². The summed E-state index contributed by atoms with van der Waals surface area (Å²) < 4.78 is 27.8. The molecule has 0 heterocycles. The molecule has 6 nitrogen and oxygen atoms in total. The first kappa shape index (κ1) is 23.6. The first-order valence-electron chi connectivity index (χ1n) is 9.48. The molecule has 0 fully saturated rings. The van der Waals surface area contributed by atoms with Gasteiger partial charge in [0.2, 0.25) is 10.0 Å². The van der Waals surface area contributed by atoms with Crippen molar-refractivity contribution in [2.24, 2.45) is 10.8 Å². The number of hydrogen-bond donors (Lipinski definition) is 0. The van der Waals surface area contributed by atoms with E-state index in [1.165, 1.54) is 28.6 Å². The number of nitro groups is 1. The molecule has 0 aliphatic carbocycles. The maximum absolute atomic E-state index is 13.2. The highest BCUT2D eigenvalue weighted by Gasteiger charge is 2.31. The molecule has 27 heavy (non-hydrogen) atoms. The van der Waals surface area contributed by atoms with Crippen molar-refractivity contribution in [3.8, 4) is 0 Å². The Balaban J connectivity index is 3.09. The minimum absolute atomic E-state index is 0.111. The number of nitro benzene ring substituents is 1. The molecule has 0 radical (unpaired) electrons. The molecule has 154 valence electrons. The molecular formula is C20H34N2O4S. The molecule has 1 aromatic carbocycles. The first-order valence-corrected chi connectivity index (χ1v) is 10.9. The summed E-state index contributed by atoms with van der Waals surface area (Å²) in [6.07, 6.45) is 3.21. The minimum atomic E-state index is -3.92. The average molecular weight is 399 g/mol. The van der Waals surface area contributed by atoms with Crippen molar-refractivity contribution in [2.45, 2.75) is 72.1 Å². The van der Waals surface area contributed by atoms with Crippen LogP contribution in [0.5, 0.6) is 0 Å². The normalized spacial score (nSPS) is 13.1. The van der Waals surface area contributed by atoms with Gasteiger partial charge in [-0.15, -0.1) is 0 Å². The Labute approximate surface area is 164 Å². The molecule has 0 saturated heterocycles. The smallest absolute Gasteiger partial charge is 0.258 e. The van der Waals surface area contributed by atoms with Crippen molar-refractivity contribution in [3.05, 3.63) is 34.4 Å². The van der Waals surface area contributed by atoms with Crippen molar-refractivity contribution in [3.63, 3.8) is 0 Å². The van der Waals surface area contributed by atoms with Crippen LogP contribution in [0.25, 0.3) is 0 Å². The summed E-state index contributed by atoms with van der Waals surface area (Å²) in [5, 5.41) is 11.3. The van der Waals surface area contributed by atoms with Crippen molar-refractivity contribution in [2.75, 3.05) is 13.1 Å². The molecule has 7 heteroatoms. The third kappa shape index (κ3) is 7.97. The lowest BCUT2D eigenvalue weighted by Gasteiger charge is -2.26. The van der Waals surface area contributed by atoms with Gasteiger partial charge in [-0.3, -0.25) is 10.1 Å². The summed E-state index contributed by atoms with van der Waals surface area (Å²) in [7, 11) is -3.92. The van der Waals surface area contributed by atoms with Gasteiger partial charge in [-0.2, -0.15) is 4.31 Å². The summed E-state index contributed by atoms with van der Waals surface area (Å²) in [6.45, 7) is 13.5. The molecule has 0 bridgehead atoms. The van der Waals surface area contributed by atoms with Crippen molar-refractivity contribution < 1.29 is 13.3 Å². The molecular weight excluding hydrogens is 364 g/mol. The van der Waals surface area contributed by atoms with Gasteiger partial charge in [0, 0.05) is 19.2 Å². The highest BCUT2D eigenvalue weighted by molar-refractivity contribution is 7.89. The quantitative estimate of drug-likeness (QED) is 0.421. The summed E-state index contributed by atoms with van der Waals surface area (Å²) in [4.78, 5) is 10.5. The van der Waals surface area contributed by atoms with Gasteiger partial charge in [0.05, 0.1) is 4.92 Å². The molecule has 0 aliphatic rings. The average Bonchev–Trinajstić information content (AvgIpc) is 2.51. The third-order valence-corrected chi connectivity index (χ3v) is 6.29. The van der Waals surface area contributed by atoms with Gasteiger partial charge in [-0.25, -0.2) is 8.42 Å². The van der Waals surface area contributed by atoms with Crippen LogP contribution >= 0.6 is 0 Å². The van der Waals surface area contributed by atoms with Gasteiger partial charge < -0.3 is 0 Å². The second-order valence-corrected chi connectivity index (χ2v) is 11.4. The van der Waals surface area contributed by atoms with Gasteiger partial charge in [-0.05, 0) is 42.6 Å². The first-order chi connectivity index (χ1) is 12.2. The Kier molecular flexibility index (Phi) is 7.99. The maximum Gasteiger partial charge on any atom is 0.289 e. The summed E-state index contributed by atoms with van der Waals surface area (Å²) >= 11 is 0. The number of para-hydroxylation sites is 1. The molecule has 0 saturated carbocycles. The van der Waals surface area contributed by atoms with Crippen LogP contribution in [0.2, 0.25) is 0 Å². The van der Waals surface area contributed by atoms with Gasteiger partial charge in [0.1, 0.15) is 0 Å². The second kappa shape index (κ2) is 9.15. The predicted molar refractivity (Wildman–Crippen MR) is 109 cm³/mol. The van der Waals surface area contributed by atoms with Gasteiger partial charge in [-0.1, -0.05) is 53.7 Å². The molecule has 0 unspecified atom stereocenters. The van der Waals surface area contributed by atoms with E-state index in [0.29, 0.717) is 13.1 Å². The van der Waals surface area contributed by atoms with E-state index in [-0.39, 0.29) is 21.4 Å². The Morgan fingerprint density at radius 1 is 0.926 bits per heavy atom. The Hall–Kier alpha value is -1.47. The molecule has 0 atom stereocenters. The van der Waals surface area contributed by atoms with Gasteiger partial charge in [0.25, 0.3) is 5.69 Å². The highest BCUT2D eigenvalue weighted by atomic mass is 32.2. The van der Waals surface area contributed by atoms with E-state index in [9.17, 15) is 18.5 Å². The fourth-order valence-electron chi connectivity index (χ4n) is 2.89. The molecule has 1 aromatic rings. The lowest BCUT2D eigenvalue weighted by atomic mass is 9.90. The number of hydrogen-bond acceptors (Lipinski definition) is 4. The fraction of sp³-hybridized carbons (Fsp3) is 0.700. The van der Waals surface area contributed by atoms with E-state index in [1.807, 2.05) is 0 Å². The largest absolute Gasteiger partial charge is 0.289 e. The number of nitrogens with zero attached hydrogens (tertiary/aromatic N) is 2. The Morgan fingerprint density at radius 2 is 1.37 bits per heavy atom. The van der Waals surface area contributed by atoms with Crippen LogP contribution in [-0.4, -0.2) is 30.7 Å². The van der Waals surface area contributed by atoms with E-state index in [2.05, 4.69) is 41.5 Å². The number of benzene rings is 1. The van der Waals surface area contributed by atoms with Crippen LogP contribution in [0.1, 0.15) is 67.2 Å². The molecule has 0 aliphatic heterocycles. The fourth-order valence-corrected chi connectivity index (χ4v) is 4.56. The standard InChI is InChI=1S/C20H34N2O4S/c1-19(2,3)13-9-15-21(16-10-14-20(4,5)6)27(25,26)18-12-8-7-11-17(18)22(23)24/h7-8,11-12H,9-10,13-16H2,1-6H3. The van der Waals surface area contributed by atoms with E-state index < -0.39 is 14.9 Å². The molecule has 1 rings (SSSR count). The summed E-state index contributed by atoms with van der Waals surface area (Å²) in [5.41, 5.74) is -0.145. The van der Waals surface area contributed by atoms with Gasteiger partial charge in [0.15, 0.2) is 4.90 Å². The van der Waals surface area contributed by atoms with Crippen LogP contribution in [0.4, 0.5) is 5.69 Å². The van der Waals surface area contributed by atoms with E-state index >= 15 is 0 Å². The van der Waals surface area contributed by atoms with Crippen LogP contribution in [0, 0.1) is 20.9 Å². The third-order valence-electron chi connectivity index (χ3n) is 4.35. The second-order valence-electron chi connectivity index (χ2n) is 9.46. The minimum Gasteiger partial charge on any atom is -0.258 e. The SMILES string of the molecule is CC(C)(C)CCCN(CCCC(C)(C)C)S(=O)(=O)c1ccccc1[N+](=O)[O-]. The van der Waals surface area contributed by atoms with Crippen LogP contribution in [0.3, 0.4) is 0 Å². The van der Waals surface area contributed by atoms with Crippen LogP contribution in [-0.2, 0) is 10.0 Å².